The second-order valence-electron chi connectivity index (χ2n) is 12.2. The molecule has 0 aromatic heterocycles. The van der Waals surface area contributed by atoms with Gasteiger partial charge in [-0.25, -0.2) is 4.79 Å². The zero-order valence-electron chi connectivity index (χ0n) is 26.5. The summed E-state index contributed by atoms with van der Waals surface area (Å²) in [6.07, 6.45) is 2.17. The number of unbranched alkanes of at least 4 members (excludes halogenated alkanes) is 2. The van der Waals surface area contributed by atoms with Crippen LogP contribution in [-0.2, 0) is 27.3 Å². The number of alkyl carbamates (subject to hydrolysis) is 1. The Kier molecular flexibility index (Phi) is 12.4. The van der Waals surface area contributed by atoms with E-state index in [-0.39, 0.29) is 18.2 Å². The third-order valence-corrected chi connectivity index (χ3v) is 6.99. The Bertz CT molecular complexity index is 1320. The molecule has 0 fully saturated rings. The maximum Gasteiger partial charge on any atom is 0.408 e. The van der Waals surface area contributed by atoms with Crippen LogP contribution in [-0.4, -0.2) is 41.0 Å². The minimum atomic E-state index is -0.936. The summed E-state index contributed by atoms with van der Waals surface area (Å²) in [6, 6.07) is 23.4. The van der Waals surface area contributed by atoms with Crippen molar-refractivity contribution in [2.75, 3.05) is 6.54 Å². The van der Waals surface area contributed by atoms with Gasteiger partial charge < -0.3 is 20.3 Å². The number of carbonyl (C=O) groups is 3. The van der Waals surface area contributed by atoms with Gasteiger partial charge in [-0.1, -0.05) is 110 Å². The van der Waals surface area contributed by atoms with Crippen molar-refractivity contribution in [3.63, 3.8) is 0 Å². The van der Waals surface area contributed by atoms with E-state index in [0.717, 1.165) is 47.1 Å². The molecule has 0 saturated heterocycles. The highest BCUT2D eigenvalue weighted by Crippen LogP contribution is 2.26. The first-order valence-electron chi connectivity index (χ1n) is 15.2. The van der Waals surface area contributed by atoms with Gasteiger partial charge in [-0.05, 0) is 57.7 Å². The van der Waals surface area contributed by atoms with Crippen LogP contribution in [0.2, 0.25) is 0 Å². The fourth-order valence-corrected chi connectivity index (χ4v) is 5.12. The Morgan fingerprint density at radius 2 is 1.42 bits per heavy atom. The van der Waals surface area contributed by atoms with E-state index >= 15 is 0 Å². The second kappa shape index (κ2) is 15.9. The molecule has 43 heavy (non-hydrogen) atoms. The highest BCUT2D eigenvalue weighted by Gasteiger charge is 2.36. The van der Waals surface area contributed by atoms with Gasteiger partial charge in [-0.2, -0.15) is 0 Å². The fourth-order valence-electron chi connectivity index (χ4n) is 5.12. The van der Waals surface area contributed by atoms with Crippen LogP contribution < -0.4 is 10.6 Å². The van der Waals surface area contributed by atoms with Gasteiger partial charge in [-0.3, -0.25) is 9.59 Å². The summed E-state index contributed by atoms with van der Waals surface area (Å²) in [5.74, 6) is -0.598. The van der Waals surface area contributed by atoms with E-state index in [0.29, 0.717) is 13.1 Å². The fraction of sp³-hybridized carbons (Fsp3) is 0.417. The molecule has 0 heterocycles. The minimum Gasteiger partial charge on any atom is -0.444 e. The Morgan fingerprint density at radius 1 is 0.837 bits per heavy atom. The molecule has 0 saturated carbocycles. The summed E-state index contributed by atoms with van der Waals surface area (Å²) in [4.78, 5) is 43.3. The van der Waals surface area contributed by atoms with E-state index < -0.39 is 23.8 Å². The number of nitrogens with one attached hydrogen (secondary N) is 2. The molecule has 3 amide bonds. The third-order valence-electron chi connectivity index (χ3n) is 6.99. The van der Waals surface area contributed by atoms with Crippen molar-refractivity contribution in [3.8, 4) is 0 Å². The monoisotopic (exact) mass is 585 g/mol. The topological polar surface area (TPSA) is 87.7 Å². The van der Waals surface area contributed by atoms with Crippen molar-refractivity contribution in [1.29, 1.82) is 0 Å². The Labute approximate surface area is 257 Å². The lowest BCUT2D eigenvalue weighted by atomic mass is 9.97. The van der Waals surface area contributed by atoms with Crippen LogP contribution in [0.15, 0.2) is 78.9 Å². The molecule has 2 atom stereocenters. The molecule has 3 aromatic rings. The molecule has 2 N–H and O–H groups in total. The minimum absolute atomic E-state index is 0.258. The molecule has 0 spiro atoms. The van der Waals surface area contributed by atoms with E-state index in [1.807, 2.05) is 92.7 Å². The molecule has 0 radical (unpaired) electrons. The smallest absolute Gasteiger partial charge is 0.408 e. The van der Waals surface area contributed by atoms with Crippen LogP contribution in [0, 0.1) is 13.8 Å². The molecule has 0 aliphatic heterocycles. The number of aryl methyl sites for hydroxylation is 2. The highest BCUT2D eigenvalue weighted by molar-refractivity contribution is 5.92. The van der Waals surface area contributed by atoms with Crippen LogP contribution in [0.4, 0.5) is 4.79 Å². The Balaban J connectivity index is 2.04. The average molecular weight is 586 g/mol. The molecule has 2 unspecified atom stereocenters. The first kappa shape index (κ1) is 33.4. The number of benzene rings is 3. The average Bonchev–Trinajstić information content (AvgIpc) is 2.94. The predicted molar refractivity (Wildman–Crippen MR) is 171 cm³/mol. The number of hydrogen-bond acceptors (Lipinski definition) is 4. The van der Waals surface area contributed by atoms with Gasteiger partial charge in [0.25, 0.3) is 0 Å². The van der Waals surface area contributed by atoms with Gasteiger partial charge in [0.1, 0.15) is 17.7 Å². The number of ether oxygens (including phenoxy) is 1. The highest BCUT2D eigenvalue weighted by atomic mass is 16.6. The summed E-state index contributed by atoms with van der Waals surface area (Å²) >= 11 is 0. The number of carbonyl (C=O) groups excluding carboxylic acids is 3. The van der Waals surface area contributed by atoms with Crippen molar-refractivity contribution >= 4 is 17.9 Å². The van der Waals surface area contributed by atoms with Crippen LogP contribution in [0.5, 0.6) is 0 Å². The molecule has 3 aromatic carbocycles. The maximum absolute atomic E-state index is 14.6. The molecule has 7 nitrogen and oxygen atoms in total. The van der Waals surface area contributed by atoms with Crippen molar-refractivity contribution in [2.45, 2.75) is 91.5 Å². The lowest BCUT2D eigenvalue weighted by Gasteiger charge is -2.35. The largest absolute Gasteiger partial charge is 0.444 e. The van der Waals surface area contributed by atoms with Crippen molar-refractivity contribution in [3.05, 3.63) is 107 Å². The maximum atomic E-state index is 14.6. The zero-order chi connectivity index (χ0) is 31.4. The van der Waals surface area contributed by atoms with Gasteiger partial charge in [0.05, 0.1) is 0 Å². The van der Waals surface area contributed by atoms with E-state index in [1.165, 1.54) is 0 Å². The molecule has 230 valence electrons. The Hall–Kier alpha value is -4.13. The lowest BCUT2D eigenvalue weighted by molar-refractivity contribution is -0.142. The molecule has 7 heteroatoms. The van der Waals surface area contributed by atoms with Gasteiger partial charge in [0, 0.05) is 19.5 Å². The number of amides is 3. The summed E-state index contributed by atoms with van der Waals surface area (Å²) in [7, 11) is 0. The first-order chi connectivity index (χ1) is 20.5. The van der Waals surface area contributed by atoms with Crippen LogP contribution in [0.25, 0.3) is 0 Å². The van der Waals surface area contributed by atoms with Gasteiger partial charge in [-0.15, -0.1) is 0 Å². The summed E-state index contributed by atoms with van der Waals surface area (Å²) in [6.45, 7) is 12.1. The summed E-state index contributed by atoms with van der Waals surface area (Å²) < 4.78 is 5.55. The number of nitrogens with zero attached hydrogens (tertiary/aromatic N) is 1. The SMILES string of the molecule is CCCCCN(C(=O)C(Cc1ccccc1)NC(=O)OC(C)(C)C)C(C(=O)NCc1ccccc1)c1cc(C)cc(C)c1. The lowest BCUT2D eigenvalue weighted by Crippen LogP contribution is -2.54. The van der Waals surface area contributed by atoms with Crippen LogP contribution in [0.1, 0.15) is 80.8 Å². The Morgan fingerprint density at radius 3 is 1.98 bits per heavy atom. The summed E-state index contributed by atoms with van der Waals surface area (Å²) in [5, 5.41) is 5.91. The normalized spacial score (nSPS) is 12.6. The van der Waals surface area contributed by atoms with Crippen molar-refractivity contribution in [2.24, 2.45) is 0 Å². The van der Waals surface area contributed by atoms with Gasteiger partial charge >= 0.3 is 6.09 Å². The second-order valence-corrected chi connectivity index (χ2v) is 12.2. The van der Waals surface area contributed by atoms with Gasteiger partial charge in [0.2, 0.25) is 11.8 Å². The van der Waals surface area contributed by atoms with Crippen LogP contribution in [0.3, 0.4) is 0 Å². The summed E-state index contributed by atoms with van der Waals surface area (Å²) in [5.41, 5.74) is 3.87. The molecular weight excluding hydrogens is 538 g/mol. The van der Waals surface area contributed by atoms with Crippen molar-refractivity contribution < 1.29 is 19.1 Å². The van der Waals surface area contributed by atoms with E-state index in [4.69, 9.17) is 4.74 Å². The third kappa shape index (κ3) is 10.9. The van der Waals surface area contributed by atoms with Crippen molar-refractivity contribution in [1.82, 2.24) is 15.5 Å². The molecule has 3 rings (SSSR count). The predicted octanol–water partition coefficient (Wildman–Crippen LogP) is 6.82. The standard InChI is InChI=1S/C36H47N3O4/c1-7-8-15-20-39(34(41)31(24-28-16-11-9-12-17-28)38-35(42)43-36(4,5)6)32(30-22-26(2)21-27(3)23-30)33(40)37-25-29-18-13-10-14-19-29/h9-14,16-19,21-23,31-32H,7-8,15,20,24-25H2,1-6H3,(H,37,40)(H,38,42). The van der Waals surface area contributed by atoms with E-state index in [9.17, 15) is 14.4 Å². The molecule has 0 bridgehead atoms. The molecular formula is C36H47N3O4. The molecule has 0 aliphatic rings. The number of hydrogen-bond donors (Lipinski definition) is 2. The number of rotatable bonds is 13. The first-order valence-corrected chi connectivity index (χ1v) is 15.2. The van der Waals surface area contributed by atoms with E-state index in [2.05, 4.69) is 17.6 Å². The van der Waals surface area contributed by atoms with E-state index in [1.54, 1.807) is 25.7 Å². The quantitative estimate of drug-likeness (QED) is 0.216. The molecule has 0 aliphatic carbocycles. The van der Waals surface area contributed by atoms with Gasteiger partial charge in [0.15, 0.2) is 0 Å². The zero-order valence-corrected chi connectivity index (χ0v) is 26.5. The van der Waals surface area contributed by atoms with Crippen LogP contribution >= 0.6 is 0 Å².